The van der Waals surface area contributed by atoms with Crippen LogP contribution in [0.5, 0.6) is 0 Å². The maximum absolute atomic E-state index is 14.3. The highest BCUT2D eigenvalue weighted by molar-refractivity contribution is 6.01. The topological polar surface area (TPSA) is 89.8 Å². The number of benzene rings is 3. The number of nitrogens with one attached hydrogen (secondary N) is 1. The van der Waals surface area contributed by atoms with E-state index >= 15 is 0 Å². The molecular weight excluding hydrogens is 429 g/mol. The van der Waals surface area contributed by atoms with Crippen LogP contribution in [-0.2, 0) is 4.79 Å². The molecule has 0 amide bonds. The number of fused-ring (bicyclic) bond motifs is 1. The van der Waals surface area contributed by atoms with E-state index in [4.69, 9.17) is 5.11 Å². The summed E-state index contributed by atoms with van der Waals surface area (Å²) >= 11 is 0. The van der Waals surface area contributed by atoms with Crippen LogP contribution in [0.2, 0.25) is 0 Å². The lowest BCUT2D eigenvalue weighted by atomic mass is 9.85. The maximum Gasteiger partial charge on any atom is 0.328 e. The van der Waals surface area contributed by atoms with Gasteiger partial charge in [0, 0.05) is 6.08 Å². The summed E-state index contributed by atoms with van der Waals surface area (Å²) in [5.41, 5.74) is 7.69. The number of carboxylic acid groups (broad SMARTS) is 1. The SMILES string of the molecule is CC/C(=C(/c1ccc(/C=C/C(=O)O)cc1)c1ccc2[nH]nc(F)c2c1)c1ccc(C#N)cc1C. The van der Waals surface area contributed by atoms with E-state index in [0.29, 0.717) is 22.9 Å². The molecule has 4 rings (SSSR count). The van der Waals surface area contributed by atoms with Crippen molar-refractivity contribution < 1.29 is 14.3 Å². The average molecular weight is 452 g/mol. The van der Waals surface area contributed by atoms with Crippen LogP contribution in [0.3, 0.4) is 0 Å². The maximum atomic E-state index is 14.3. The van der Waals surface area contributed by atoms with Crippen molar-refractivity contribution in [3.63, 3.8) is 0 Å². The Kier molecular flexibility index (Phi) is 6.37. The number of aliphatic carboxylic acids is 1. The van der Waals surface area contributed by atoms with Crippen molar-refractivity contribution in [1.29, 1.82) is 5.26 Å². The summed E-state index contributed by atoms with van der Waals surface area (Å²) in [7, 11) is 0. The number of H-pyrrole nitrogens is 1. The van der Waals surface area contributed by atoms with Gasteiger partial charge in [0.25, 0.3) is 0 Å². The molecule has 1 aromatic heterocycles. The molecule has 0 aliphatic rings. The number of aryl methyl sites for hydroxylation is 1. The smallest absolute Gasteiger partial charge is 0.328 e. The number of allylic oxidation sites excluding steroid dienone is 1. The summed E-state index contributed by atoms with van der Waals surface area (Å²) in [5.74, 6) is -1.57. The predicted molar refractivity (Wildman–Crippen MR) is 131 cm³/mol. The highest BCUT2D eigenvalue weighted by atomic mass is 19.1. The van der Waals surface area contributed by atoms with Crippen LogP contribution in [-0.4, -0.2) is 21.3 Å². The lowest BCUT2D eigenvalue weighted by molar-refractivity contribution is -0.131. The van der Waals surface area contributed by atoms with Gasteiger partial charge in [0.05, 0.1) is 22.5 Å². The molecule has 4 aromatic rings. The number of hydrogen-bond acceptors (Lipinski definition) is 3. The zero-order chi connectivity index (χ0) is 24.2. The zero-order valence-electron chi connectivity index (χ0n) is 18.8. The molecule has 0 aliphatic heterocycles. The van der Waals surface area contributed by atoms with Gasteiger partial charge in [0.2, 0.25) is 5.95 Å². The first kappa shape index (κ1) is 22.7. The monoisotopic (exact) mass is 451 g/mol. The van der Waals surface area contributed by atoms with E-state index in [1.807, 2.05) is 55.5 Å². The quantitative estimate of drug-likeness (QED) is 0.264. The molecule has 3 aromatic carbocycles. The average Bonchev–Trinajstić information content (AvgIpc) is 3.22. The van der Waals surface area contributed by atoms with E-state index in [1.165, 1.54) is 6.08 Å². The minimum absolute atomic E-state index is 0.406. The molecular formula is C28H22FN3O2. The number of carboxylic acids is 1. The summed E-state index contributed by atoms with van der Waals surface area (Å²) in [5, 5.41) is 25.0. The Hall–Kier alpha value is -4.50. The number of nitrogens with zero attached hydrogens (tertiary/aromatic N) is 2. The Labute approximate surface area is 196 Å². The van der Waals surface area contributed by atoms with Crippen LogP contribution in [0.1, 0.15) is 46.7 Å². The summed E-state index contributed by atoms with van der Waals surface area (Å²) in [6, 6.07) is 20.9. The number of nitriles is 1. The van der Waals surface area contributed by atoms with Crippen molar-refractivity contribution in [2.75, 3.05) is 0 Å². The molecule has 6 heteroatoms. The van der Waals surface area contributed by atoms with Crippen molar-refractivity contribution >= 4 is 34.1 Å². The fourth-order valence-electron chi connectivity index (χ4n) is 4.15. The molecule has 2 N–H and O–H groups in total. The van der Waals surface area contributed by atoms with Crippen molar-refractivity contribution in [2.24, 2.45) is 0 Å². The minimum Gasteiger partial charge on any atom is -0.478 e. The Morgan fingerprint density at radius 3 is 2.50 bits per heavy atom. The third-order valence-corrected chi connectivity index (χ3v) is 5.76. The minimum atomic E-state index is -1.01. The first-order valence-corrected chi connectivity index (χ1v) is 10.8. The third kappa shape index (κ3) is 4.50. The summed E-state index contributed by atoms with van der Waals surface area (Å²) in [6.45, 7) is 4.04. The fraction of sp³-hybridized carbons (Fsp3) is 0.107. The first-order valence-electron chi connectivity index (χ1n) is 10.8. The Balaban J connectivity index is 1.96. The molecule has 0 fully saturated rings. The molecule has 0 spiro atoms. The van der Waals surface area contributed by atoms with E-state index in [-0.39, 0.29) is 0 Å². The molecule has 5 nitrogen and oxygen atoms in total. The molecule has 0 saturated carbocycles. The van der Waals surface area contributed by atoms with Gasteiger partial charge in [-0.05, 0) is 82.6 Å². The van der Waals surface area contributed by atoms with Crippen molar-refractivity contribution in [2.45, 2.75) is 20.3 Å². The van der Waals surface area contributed by atoms with E-state index in [0.717, 1.165) is 45.0 Å². The molecule has 0 aliphatic carbocycles. The van der Waals surface area contributed by atoms with Crippen LogP contribution in [0.25, 0.3) is 28.1 Å². The number of carbonyl (C=O) groups is 1. The lowest BCUT2D eigenvalue weighted by Crippen LogP contribution is -1.98. The van der Waals surface area contributed by atoms with Gasteiger partial charge in [-0.25, -0.2) is 4.79 Å². The highest BCUT2D eigenvalue weighted by Crippen LogP contribution is 2.37. The summed E-state index contributed by atoms with van der Waals surface area (Å²) in [4.78, 5) is 10.9. The normalized spacial score (nSPS) is 12.1. The summed E-state index contributed by atoms with van der Waals surface area (Å²) < 4.78 is 14.3. The van der Waals surface area contributed by atoms with Crippen LogP contribution in [0.4, 0.5) is 4.39 Å². The fourth-order valence-corrected chi connectivity index (χ4v) is 4.15. The van der Waals surface area contributed by atoms with Gasteiger partial charge in [-0.15, -0.1) is 5.10 Å². The van der Waals surface area contributed by atoms with Gasteiger partial charge in [-0.3, -0.25) is 5.10 Å². The summed E-state index contributed by atoms with van der Waals surface area (Å²) in [6.07, 6.45) is 3.33. The molecule has 0 bridgehead atoms. The van der Waals surface area contributed by atoms with Gasteiger partial charge < -0.3 is 5.11 Å². The highest BCUT2D eigenvalue weighted by Gasteiger charge is 2.17. The van der Waals surface area contributed by atoms with E-state index in [1.54, 1.807) is 12.1 Å². The Morgan fingerprint density at radius 1 is 1.12 bits per heavy atom. The molecule has 34 heavy (non-hydrogen) atoms. The molecule has 0 atom stereocenters. The predicted octanol–water partition coefficient (Wildman–Crippen LogP) is 6.35. The Bertz CT molecular complexity index is 1490. The number of hydrogen-bond donors (Lipinski definition) is 2. The van der Waals surface area contributed by atoms with Crippen LogP contribution >= 0.6 is 0 Å². The van der Waals surface area contributed by atoms with Crippen LogP contribution in [0.15, 0.2) is 66.7 Å². The molecule has 0 saturated heterocycles. The van der Waals surface area contributed by atoms with Crippen molar-refractivity contribution in [3.8, 4) is 6.07 Å². The number of aromatic nitrogens is 2. The van der Waals surface area contributed by atoms with Gasteiger partial charge in [0.1, 0.15) is 0 Å². The standard InChI is InChI=1S/C28H22FN3O2/c1-3-22(23-11-6-19(16-30)14-17(23)2)27(20-8-4-18(5-9-20)7-13-26(33)34)21-10-12-25-24(15-21)28(29)32-31-25/h4-15H,3H2,1-2H3,(H,31,32)(H,33,34)/b13-7+,27-22+. The largest absolute Gasteiger partial charge is 0.478 e. The van der Waals surface area contributed by atoms with Gasteiger partial charge in [-0.2, -0.15) is 9.65 Å². The second kappa shape index (κ2) is 9.55. The first-order chi connectivity index (χ1) is 16.4. The molecule has 0 unspecified atom stereocenters. The van der Waals surface area contributed by atoms with E-state index in [2.05, 4.69) is 23.2 Å². The lowest BCUT2D eigenvalue weighted by Gasteiger charge is -2.18. The number of rotatable bonds is 6. The van der Waals surface area contributed by atoms with E-state index in [9.17, 15) is 14.4 Å². The number of aromatic amines is 1. The van der Waals surface area contributed by atoms with Gasteiger partial charge >= 0.3 is 5.97 Å². The van der Waals surface area contributed by atoms with Crippen LogP contribution < -0.4 is 0 Å². The van der Waals surface area contributed by atoms with Gasteiger partial charge in [-0.1, -0.05) is 43.3 Å². The number of halogens is 1. The van der Waals surface area contributed by atoms with Crippen molar-refractivity contribution in [3.05, 3.63) is 106 Å². The zero-order valence-corrected chi connectivity index (χ0v) is 18.8. The second-order valence-electron chi connectivity index (χ2n) is 7.92. The van der Waals surface area contributed by atoms with Crippen molar-refractivity contribution in [1.82, 2.24) is 10.2 Å². The van der Waals surface area contributed by atoms with Crippen LogP contribution in [0, 0.1) is 24.2 Å². The van der Waals surface area contributed by atoms with E-state index < -0.39 is 11.9 Å². The Morgan fingerprint density at radius 2 is 1.85 bits per heavy atom. The van der Waals surface area contributed by atoms with Gasteiger partial charge in [0.15, 0.2) is 0 Å². The molecule has 0 radical (unpaired) electrons. The second-order valence-corrected chi connectivity index (χ2v) is 7.92. The molecule has 168 valence electrons. The molecule has 1 heterocycles. The third-order valence-electron chi connectivity index (χ3n) is 5.76.